The molecule has 0 radical (unpaired) electrons. The second kappa shape index (κ2) is 8.19. The van der Waals surface area contributed by atoms with E-state index in [1.54, 1.807) is 54.9 Å². The molecule has 0 saturated heterocycles. The van der Waals surface area contributed by atoms with Gasteiger partial charge in [0.25, 0.3) is 0 Å². The second-order valence-electron chi connectivity index (χ2n) is 6.28. The Bertz CT molecular complexity index is 1230. The molecule has 11 heteroatoms. The minimum Gasteiger partial charge on any atom is -0.350 e. The number of hydrogen-bond donors (Lipinski definition) is 1. The molecule has 154 valence electrons. The molecule has 4 aromatic rings. The first kappa shape index (κ1) is 20.0. The van der Waals surface area contributed by atoms with E-state index in [2.05, 4.69) is 34.9 Å². The molecule has 4 rings (SSSR count). The third-order valence-corrected chi connectivity index (χ3v) is 4.16. The summed E-state index contributed by atoms with van der Waals surface area (Å²) in [5.74, 6) is -1.14. The Morgan fingerprint density at radius 2 is 1.74 bits per heavy atom. The monoisotopic (exact) mass is 423 g/mol. The van der Waals surface area contributed by atoms with Crippen LogP contribution in [0, 0.1) is 11.3 Å². The summed E-state index contributed by atoms with van der Waals surface area (Å²) in [4.78, 5) is 16.0. The number of halogens is 3. The molecular weight excluding hydrogens is 411 g/mol. The van der Waals surface area contributed by atoms with E-state index in [1.165, 1.54) is 0 Å². The highest BCUT2D eigenvalue weighted by Gasteiger charge is 2.38. The van der Waals surface area contributed by atoms with E-state index in [0.29, 0.717) is 29.4 Å². The summed E-state index contributed by atoms with van der Waals surface area (Å²) in [5.41, 5.74) is 2.94. The Kier molecular flexibility index (Phi) is 5.28. The molecule has 0 bridgehead atoms. The first-order valence-corrected chi connectivity index (χ1v) is 8.86. The lowest BCUT2D eigenvalue weighted by Gasteiger charge is -2.07. The van der Waals surface area contributed by atoms with Gasteiger partial charge < -0.3 is 9.84 Å². The zero-order valence-electron chi connectivity index (χ0n) is 15.6. The number of alkyl halides is 3. The molecule has 0 unspecified atom stereocenters. The third-order valence-electron chi connectivity index (χ3n) is 4.16. The van der Waals surface area contributed by atoms with Crippen LogP contribution in [-0.2, 0) is 12.7 Å². The van der Waals surface area contributed by atoms with Gasteiger partial charge in [-0.25, -0.2) is 15.0 Å². The third kappa shape index (κ3) is 4.64. The van der Waals surface area contributed by atoms with Crippen LogP contribution in [0.3, 0.4) is 0 Å². The zero-order valence-corrected chi connectivity index (χ0v) is 15.6. The van der Waals surface area contributed by atoms with Crippen LogP contribution in [0.25, 0.3) is 22.6 Å². The van der Waals surface area contributed by atoms with Crippen molar-refractivity contribution in [1.82, 2.24) is 25.1 Å². The summed E-state index contributed by atoms with van der Waals surface area (Å²) in [5, 5.41) is 15.3. The van der Waals surface area contributed by atoms with Gasteiger partial charge in [-0.1, -0.05) is 29.4 Å². The van der Waals surface area contributed by atoms with Crippen LogP contribution >= 0.6 is 0 Å². The fourth-order valence-corrected chi connectivity index (χ4v) is 2.62. The lowest BCUT2D eigenvalue weighted by molar-refractivity contribution is -0.159. The molecule has 8 nitrogen and oxygen atoms in total. The zero-order chi connectivity index (χ0) is 21.8. The molecular formula is C20H12F3N7O. The van der Waals surface area contributed by atoms with E-state index in [0.717, 1.165) is 11.1 Å². The number of nitriles is 1. The SMILES string of the molecule is N#Cc1ccc(-c2ccnc(NCc3ccc(-c4noc(C(F)(F)F)n4)cc3)n2)cn1. The second-order valence-corrected chi connectivity index (χ2v) is 6.28. The van der Waals surface area contributed by atoms with E-state index < -0.39 is 12.1 Å². The summed E-state index contributed by atoms with van der Waals surface area (Å²) in [6.45, 7) is 0.384. The Morgan fingerprint density at radius 3 is 2.39 bits per heavy atom. The standard InChI is InChI=1S/C20H12F3N7O/c21-20(22,23)18-29-17(30-31-18)13-3-1-12(2-4-13)10-27-19-25-8-7-16(28-19)14-5-6-15(9-24)26-11-14/h1-8,11H,10H2,(H,25,27,28). The van der Waals surface area contributed by atoms with Gasteiger partial charge in [-0.05, 0) is 23.8 Å². The molecule has 1 aromatic carbocycles. The van der Waals surface area contributed by atoms with Crippen LogP contribution < -0.4 is 5.32 Å². The molecule has 1 N–H and O–H groups in total. The summed E-state index contributed by atoms with van der Waals surface area (Å²) < 4.78 is 42.0. The number of nitrogens with one attached hydrogen (secondary N) is 1. The predicted molar refractivity (Wildman–Crippen MR) is 102 cm³/mol. The van der Waals surface area contributed by atoms with Gasteiger partial charge in [0.05, 0.1) is 5.69 Å². The normalized spacial score (nSPS) is 11.2. The van der Waals surface area contributed by atoms with E-state index in [1.807, 2.05) is 6.07 Å². The molecule has 0 aliphatic carbocycles. The summed E-state index contributed by atoms with van der Waals surface area (Å²) >= 11 is 0. The topological polar surface area (TPSA) is 113 Å². The van der Waals surface area contributed by atoms with Crippen LogP contribution in [0.1, 0.15) is 17.1 Å². The van der Waals surface area contributed by atoms with Crippen molar-refractivity contribution in [1.29, 1.82) is 5.26 Å². The first-order chi connectivity index (χ1) is 14.9. The molecule has 3 aromatic heterocycles. The van der Waals surface area contributed by atoms with Gasteiger partial charge in [0, 0.05) is 30.1 Å². The van der Waals surface area contributed by atoms with Crippen LogP contribution in [0.2, 0.25) is 0 Å². The van der Waals surface area contributed by atoms with Crippen molar-refractivity contribution in [2.24, 2.45) is 0 Å². The average Bonchev–Trinajstić information content (AvgIpc) is 3.29. The number of nitrogens with zero attached hydrogens (tertiary/aromatic N) is 6. The molecule has 31 heavy (non-hydrogen) atoms. The minimum absolute atomic E-state index is 0.140. The molecule has 0 atom stereocenters. The van der Waals surface area contributed by atoms with Crippen LogP contribution in [0.4, 0.5) is 19.1 Å². The predicted octanol–water partition coefficient (Wildman–Crippen LogP) is 4.09. The van der Waals surface area contributed by atoms with Crippen molar-refractivity contribution in [2.75, 3.05) is 5.32 Å². The fourth-order valence-electron chi connectivity index (χ4n) is 2.62. The van der Waals surface area contributed by atoms with Crippen molar-refractivity contribution in [3.8, 4) is 28.7 Å². The Labute approximate surface area is 173 Å². The maximum atomic E-state index is 12.6. The molecule has 0 spiro atoms. The van der Waals surface area contributed by atoms with Gasteiger partial charge in [0.2, 0.25) is 11.8 Å². The molecule has 0 aliphatic rings. The number of benzene rings is 1. The lowest BCUT2D eigenvalue weighted by atomic mass is 10.1. The van der Waals surface area contributed by atoms with Crippen molar-refractivity contribution in [2.45, 2.75) is 12.7 Å². The number of anilines is 1. The van der Waals surface area contributed by atoms with Gasteiger partial charge in [0.1, 0.15) is 11.8 Å². The smallest absolute Gasteiger partial charge is 0.350 e. The number of rotatable bonds is 5. The molecule has 3 heterocycles. The van der Waals surface area contributed by atoms with Crippen molar-refractivity contribution >= 4 is 5.95 Å². The highest BCUT2D eigenvalue weighted by atomic mass is 19.4. The minimum atomic E-state index is -4.68. The highest BCUT2D eigenvalue weighted by Crippen LogP contribution is 2.29. The van der Waals surface area contributed by atoms with Gasteiger partial charge in [-0.15, -0.1) is 0 Å². The molecule has 0 amide bonds. The van der Waals surface area contributed by atoms with Crippen LogP contribution in [-0.4, -0.2) is 25.1 Å². The van der Waals surface area contributed by atoms with E-state index in [4.69, 9.17) is 5.26 Å². The number of pyridine rings is 1. The van der Waals surface area contributed by atoms with Gasteiger partial charge in [0.15, 0.2) is 0 Å². The maximum Gasteiger partial charge on any atom is 0.471 e. The van der Waals surface area contributed by atoms with Crippen molar-refractivity contribution in [3.05, 3.63) is 72.0 Å². The van der Waals surface area contributed by atoms with Gasteiger partial charge in [-0.3, -0.25) is 0 Å². The Morgan fingerprint density at radius 1 is 0.968 bits per heavy atom. The quantitative estimate of drug-likeness (QED) is 0.511. The van der Waals surface area contributed by atoms with Crippen molar-refractivity contribution < 1.29 is 17.7 Å². The molecule has 0 saturated carbocycles. The van der Waals surface area contributed by atoms with E-state index in [9.17, 15) is 13.2 Å². The van der Waals surface area contributed by atoms with Gasteiger partial charge in [-0.2, -0.15) is 23.4 Å². The summed E-state index contributed by atoms with van der Waals surface area (Å²) in [6.07, 6.45) is -1.52. The number of hydrogen-bond acceptors (Lipinski definition) is 8. The largest absolute Gasteiger partial charge is 0.471 e. The highest BCUT2D eigenvalue weighted by molar-refractivity contribution is 5.59. The summed E-state index contributed by atoms with van der Waals surface area (Å²) in [7, 11) is 0. The Hall–Kier alpha value is -4.33. The van der Waals surface area contributed by atoms with E-state index >= 15 is 0 Å². The molecule has 0 aliphatic heterocycles. The maximum absolute atomic E-state index is 12.6. The fraction of sp³-hybridized carbons (Fsp3) is 0.100. The lowest BCUT2D eigenvalue weighted by Crippen LogP contribution is -2.05. The van der Waals surface area contributed by atoms with E-state index in [-0.39, 0.29) is 5.82 Å². The van der Waals surface area contributed by atoms with Crippen LogP contribution in [0.15, 0.2) is 59.4 Å². The summed E-state index contributed by atoms with van der Waals surface area (Å²) in [6, 6.07) is 13.7. The van der Waals surface area contributed by atoms with Gasteiger partial charge >= 0.3 is 12.1 Å². The average molecular weight is 423 g/mol. The van der Waals surface area contributed by atoms with Crippen molar-refractivity contribution in [3.63, 3.8) is 0 Å². The number of aromatic nitrogens is 5. The first-order valence-electron chi connectivity index (χ1n) is 8.86. The van der Waals surface area contributed by atoms with Crippen LogP contribution in [0.5, 0.6) is 0 Å². The Balaban J connectivity index is 1.42. The molecule has 0 fully saturated rings.